The fourth-order valence-electron chi connectivity index (χ4n) is 1.53. The van der Waals surface area contributed by atoms with Gasteiger partial charge in [0.05, 0.1) is 5.56 Å². The van der Waals surface area contributed by atoms with Gasteiger partial charge in [0.15, 0.2) is 0 Å². The summed E-state index contributed by atoms with van der Waals surface area (Å²) >= 11 is 0. The van der Waals surface area contributed by atoms with E-state index in [1.165, 1.54) is 0 Å². The van der Waals surface area contributed by atoms with Gasteiger partial charge in [0.25, 0.3) is 0 Å². The lowest BCUT2D eigenvalue weighted by Crippen LogP contribution is -2.03. The van der Waals surface area contributed by atoms with E-state index in [0.717, 1.165) is 11.3 Å². The molecule has 84 valence electrons. The van der Waals surface area contributed by atoms with Gasteiger partial charge >= 0.3 is 0 Å². The maximum atomic E-state index is 8.91. The molecule has 1 heterocycles. The zero-order valence-electron chi connectivity index (χ0n) is 9.22. The zero-order valence-corrected chi connectivity index (χ0v) is 9.22. The highest BCUT2D eigenvalue weighted by molar-refractivity contribution is 5.52. The van der Waals surface area contributed by atoms with Crippen molar-refractivity contribution in [2.45, 2.75) is 6.54 Å². The largest absolute Gasteiger partial charge is 0.399 e. The molecule has 1 aromatic heterocycles. The Labute approximate surface area is 99.7 Å². The Balaban J connectivity index is 2.10. The van der Waals surface area contributed by atoms with Crippen LogP contribution in [-0.2, 0) is 6.54 Å². The predicted molar refractivity (Wildman–Crippen MR) is 67.1 cm³/mol. The lowest BCUT2D eigenvalue weighted by molar-refractivity contribution is 1.11. The van der Waals surface area contributed by atoms with Crippen molar-refractivity contribution < 1.29 is 0 Å². The highest BCUT2D eigenvalue weighted by Gasteiger charge is 2.01. The number of hydrogen-bond donors (Lipinski definition) is 2. The minimum Gasteiger partial charge on any atom is -0.399 e. The molecule has 3 N–H and O–H groups in total. The number of nitrogens with zero attached hydrogens (tertiary/aromatic N) is 2. The maximum absolute atomic E-state index is 8.91. The van der Waals surface area contributed by atoms with E-state index in [1.54, 1.807) is 18.3 Å². The minimum atomic E-state index is 0.538. The van der Waals surface area contributed by atoms with Gasteiger partial charge in [-0.3, -0.25) is 0 Å². The van der Waals surface area contributed by atoms with Crippen molar-refractivity contribution in [1.29, 1.82) is 5.26 Å². The van der Waals surface area contributed by atoms with Gasteiger partial charge in [0, 0.05) is 18.4 Å². The summed E-state index contributed by atoms with van der Waals surface area (Å²) in [6, 6.07) is 13.2. The number of nitrogens with one attached hydrogen (secondary N) is 1. The van der Waals surface area contributed by atoms with Crippen LogP contribution in [0.5, 0.6) is 0 Å². The molecule has 0 unspecified atom stereocenters. The molecule has 0 aliphatic rings. The number of aromatic nitrogens is 1. The third-order valence-electron chi connectivity index (χ3n) is 2.34. The first kappa shape index (κ1) is 11.0. The molecule has 0 fully saturated rings. The van der Waals surface area contributed by atoms with Crippen LogP contribution >= 0.6 is 0 Å². The van der Waals surface area contributed by atoms with Crippen molar-refractivity contribution in [3.8, 4) is 6.07 Å². The Morgan fingerprint density at radius 3 is 2.94 bits per heavy atom. The molecule has 17 heavy (non-hydrogen) atoms. The summed E-state index contributed by atoms with van der Waals surface area (Å²) in [4.78, 5) is 4.12. The first-order valence-corrected chi connectivity index (χ1v) is 5.23. The fraction of sp³-hybridized carbons (Fsp3) is 0.0769. The lowest BCUT2D eigenvalue weighted by Gasteiger charge is -2.07. The number of nitrogen functional groups attached to an aromatic ring is 1. The van der Waals surface area contributed by atoms with E-state index < -0.39 is 0 Å². The van der Waals surface area contributed by atoms with Gasteiger partial charge in [-0.05, 0) is 29.8 Å². The van der Waals surface area contributed by atoms with E-state index in [-0.39, 0.29) is 0 Å². The van der Waals surface area contributed by atoms with Crippen LogP contribution in [0, 0.1) is 11.3 Å². The van der Waals surface area contributed by atoms with Gasteiger partial charge in [-0.25, -0.2) is 4.98 Å². The van der Waals surface area contributed by atoms with Gasteiger partial charge in [-0.1, -0.05) is 12.1 Å². The molecule has 0 amide bonds. The Bertz CT molecular complexity index is 557. The number of nitriles is 1. The maximum Gasteiger partial charge on any atom is 0.144 e. The van der Waals surface area contributed by atoms with Crippen LogP contribution < -0.4 is 11.1 Å². The summed E-state index contributed by atoms with van der Waals surface area (Å²) in [5.74, 6) is 0.595. The smallest absolute Gasteiger partial charge is 0.144 e. The second-order valence-electron chi connectivity index (χ2n) is 3.61. The van der Waals surface area contributed by atoms with Gasteiger partial charge < -0.3 is 11.1 Å². The summed E-state index contributed by atoms with van der Waals surface area (Å²) in [5.41, 5.74) is 8.01. The third kappa shape index (κ3) is 2.73. The summed E-state index contributed by atoms with van der Waals surface area (Å²) in [7, 11) is 0. The van der Waals surface area contributed by atoms with Crippen molar-refractivity contribution in [3.05, 3.63) is 53.7 Å². The van der Waals surface area contributed by atoms with Crippen molar-refractivity contribution in [2.75, 3.05) is 11.1 Å². The summed E-state index contributed by atoms with van der Waals surface area (Å²) in [6.45, 7) is 0.594. The van der Waals surface area contributed by atoms with Crippen molar-refractivity contribution in [2.24, 2.45) is 0 Å². The van der Waals surface area contributed by atoms with E-state index in [2.05, 4.69) is 16.4 Å². The molecule has 1 aromatic carbocycles. The highest BCUT2D eigenvalue weighted by Crippen LogP contribution is 2.12. The topological polar surface area (TPSA) is 74.7 Å². The molecular weight excluding hydrogens is 212 g/mol. The summed E-state index contributed by atoms with van der Waals surface area (Å²) < 4.78 is 0. The molecule has 2 aromatic rings. The number of rotatable bonds is 3. The number of nitrogens with two attached hydrogens (primary N) is 1. The normalized spacial score (nSPS) is 9.59. The molecule has 0 saturated carbocycles. The molecule has 4 nitrogen and oxygen atoms in total. The van der Waals surface area contributed by atoms with Crippen LogP contribution in [0.4, 0.5) is 11.5 Å². The van der Waals surface area contributed by atoms with Crippen LogP contribution in [0.15, 0.2) is 42.6 Å². The number of hydrogen-bond acceptors (Lipinski definition) is 4. The fourth-order valence-corrected chi connectivity index (χ4v) is 1.53. The van der Waals surface area contributed by atoms with Crippen molar-refractivity contribution in [1.82, 2.24) is 4.98 Å². The van der Waals surface area contributed by atoms with Gasteiger partial charge in [0.2, 0.25) is 0 Å². The quantitative estimate of drug-likeness (QED) is 0.783. The second kappa shape index (κ2) is 4.99. The first-order valence-electron chi connectivity index (χ1n) is 5.23. The van der Waals surface area contributed by atoms with Crippen LogP contribution in [0.1, 0.15) is 11.1 Å². The molecule has 0 saturated heterocycles. The standard InChI is InChI=1S/C13H12N4/c14-8-11-4-2-6-16-13(11)17-9-10-3-1-5-12(15)7-10/h1-7H,9,15H2,(H,16,17). The van der Waals surface area contributed by atoms with E-state index in [9.17, 15) is 0 Å². The number of benzene rings is 1. The molecule has 4 heteroatoms. The Kier molecular flexibility index (Phi) is 3.22. The van der Waals surface area contributed by atoms with E-state index >= 15 is 0 Å². The van der Waals surface area contributed by atoms with Crippen molar-refractivity contribution >= 4 is 11.5 Å². The SMILES string of the molecule is N#Cc1cccnc1NCc1cccc(N)c1. The third-order valence-corrected chi connectivity index (χ3v) is 2.34. The summed E-state index contributed by atoms with van der Waals surface area (Å²) in [5, 5.41) is 12.0. The van der Waals surface area contributed by atoms with Gasteiger partial charge in [-0.2, -0.15) is 5.26 Å². The van der Waals surface area contributed by atoms with Crippen LogP contribution in [0.3, 0.4) is 0 Å². The van der Waals surface area contributed by atoms with E-state index in [4.69, 9.17) is 11.0 Å². The molecular formula is C13H12N4. The van der Waals surface area contributed by atoms with E-state index in [0.29, 0.717) is 17.9 Å². The van der Waals surface area contributed by atoms with Crippen molar-refractivity contribution in [3.63, 3.8) is 0 Å². The Morgan fingerprint density at radius 1 is 1.29 bits per heavy atom. The van der Waals surface area contributed by atoms with Crippen LogP contribution in [0.2, 0.25) is 0 Å². The lowest BCUT2D eigenvalue weighted by atomic mass is 10.2. The molecule has 0 aliphatic heterocycles. The summed E-state index contributed by atoms with van der Waals surface area (Å²) in [6.07, 6.45) is 1.66. The molecule has 0 aliphatic carbocycles. The molecule has 2 rings (SSSR count). The molecule has 0 radical (unpaired) electrons. The van der Waals surface area contributed by atoms with E-state index in [1.807, 2.05) is 24.3 Å². The average Bonchev–Trinajstić information content (AvgIpc) is 2.37. The number of anilines is 2. The first-order chi connectivity index (χ1) is 8.29. The molecule has 0 spiro atoms. The zero-order chi connectivity index (χ0) is 12.1. The van der Waals surface area contributed by atoms with Gasteiger partial charge in [0.1, 0.15) is 11.9 Å². The van der Waals surface area contributed by atoms with Crippen LogP contribution in [0.25, 0.3) is 0 Å². The van der Waals surface area contributed by atoms with Crippen LogP contribution in [-0.4, -0.2) is 4.98 Å². The molecule has 0 bridgehead atoms. The Morgan fingerprint density at radius 2 is 2.18 bits per heavy atom. The monoisotopic (exact) mass is 224 g/mol. The predicted octanol–water partition coefficient (Wildman–Crippen LogP) is 2.15. The Hall–Kier alpha value is -2.54. The highest BCUT2D eigenvalue weighted by atomic mass is 15.0. The molecule has 0 atom stereocenters. The van der Waals surface area contributed by atoms with Gasteiger partial charge in [-0.15, -0.1) is 0 Å². The minimum absolute atomic E-state index is 0.538. The average molecular weight is 224 g/mol. The second-order valence-corrected chi connectivity index (χ2v) is 3.61. The number of pyridine rings is 1.